The number of pyridine rings is 1. The first-order valence-corrected chi connectivity index (χ1v) is 11.6. The molecule has 164 valence electrons. The van der Waals surface area contributed by atoms with Gasteiger partial charge in [0.25, 0.3) is 10.0 Å². The van der Waals surface area contributed by atoms with Gasteiger partial charge in [-0.25, -0.2) is 22.9 Å². The molecule has 0 saturated carbocycles. The Morgan fingerprint density at radius 2 is 2.03 bits per heavy atom. The Morgan fingerprint density at radius 3 is 2.74 bits per heavy atom. The van der Waals surface area contributed by atoms with E-state index in [0.29, 0.717) is 5.88 Å². The fraction of sp³-hybridized carbons (Fsp3) is 0.364. The number of halogens is 1. The Kier molecular flexibility index (Phi) is 5.35. The van der Waals surface area contributed by atoms with E-state index in [1.807, 2.05) is 12.1 Å². The van der Waals surface area contributed by atoms with Crippen LogP contribution in [0.25, 0.3) is 11.1 Å². The number of aromatic nitrogens is 3. The molecule has 0 amide bonds. The van der Waals surface area contributed by atoms with Crippen molar-refractivity contribution in [1.29, 1.82) is 0 Å². The molecular formula is C22H25FN4O3S. The van der Waals surface area contributed by atoms with Gasteiger partial charge in [0, 0.05) is 12.3 Å². The van der Waals surface area contributed by atoms with Gasteiger partial charge in [-0.15, -0.1) is 0 Å². The second-order valence-corrected chi connectivity index (χ2v) is 9.96. The maximum atomic E-state index is 14.0. The van der Waals surface area contributed by atoms with E-state index in [1.165, 1.54) is 27.8 Å². The average molecular weight is 445 g/mol. The van der Waals surface area contributed by atoms with Gasteiger partial charge in [-0.1, -0.05) is 12.1 Å². The number of primary sulfonamides is 1. The van der Waals surface area contributed by atoms with E-state index in [2.05, 4.69) is 29.1 Å². The SMILES string of the molecule is Cc1c(-c2ccnc(OCC(C)(C)n3cc(F)c(S(N)(=O)=O)n3)c2)ccc2c1CCC2. The predicted molar refractivity (Wildman–Crippen MR) is 115 cm³/mol. The van der Waals surface area contributed by atoms with E-state index in [-0.39, 0.29) is 6.61 Å². The van der Waals surface area contributed by atoms with Gasteiger partial charge in [0.2, 0.25) is 10.9 Å². The molecule has 0 spiro atoms. The molecule has 2 heterocycles. The highest BCUT2D eigenvalue weighted by Crippen LogP contribution is 2.33. The highest BCUT2D eigenvalue weighted by atomic mass is 32.2. The summed E-state index contributed by atoms with van der Waals surface area (Å²) in [7, 11) is -4.24. The van der Waals surface area contributed by atoms with Crippen LogP contribution in [0.15, 0.2) is 41.7 Å². The van der Waals surface area contributed by atoms with E-state index >= 15 is 0 Å². The number of aryl methyl sites for hydroxylation is 1. The summed E-state index contributed by atoms with van der Waals surface area (Å²) >= 11 is 0. The Morgan fingerprint density at radius 1 is 1.26 bits per heavy atom. The zero-order valence-electron chi connectivity index (χ0n) is 17.7. The van der Waals surface area contributed by atoms with Crippen molar-refractivity contribution in [3.63, 3.8) is 0 Å². The number of hydrogen-bond acceptors (Lipinski definition) is 5. The molecule has 4 rings (SSSR count). The lowest BCUT2D eigenvalue weighted by Crippen LogP contribution is -2.34. The number of sulfonamides is 1. The number of ether oxygens (including phenoxy) is 1. The van der Waals surface area contributed by atoms with Gasteiger partial charge in [-0.3, -0.25) is 4.68 Å². The molecule has 0 radical (unpaired) electrons. The maximum absolute atomic E-state index is 14.0. The zero-order chi connectivity index (χ0) is 22.4. The number of nitrogens with zero attached hydrogens (tertiary/aromatic N) is 3. The number of rotatable bonds is 6. The molecular weight excluding hydrogens is 419 g/mol. The quantitative estimate of drug-likeness (QED) is 0.629. The van der Waals surface area contributed by atoms with Crippen molar-refractivity contribution in [2.45, 2.75) is 50.6 Å². The van der Waals surface area contributed by atoms with E-state index < -0.39 is 26.4 Å². The summed E-state index contributed by atoms with van der Waals surface area (Å²) in [5.74, 6) is -0.576. The van der Waals surface area contributed by atoms with Crippen LogP contribution in [0.5, 0.6) is 5.88 Å². The lowest BCUT2D eigenvalue weighted by atomic mass is 9.94. The fourth-order valence-electron chi connectivity index (χ4n) is 3.98. The first-order valence-electron chi connectivity index (χ1n) is 10.1. The fourth-order valence-corrected chi connectivity index (χ4v) is 4.50. The maximum Gasteiger partial charge on any atom is 0.260 e. The Labute approximate surface area is 181 Å². The Hall–Kier alpha value is -2.78. The second kappa shape index (κ2) is 7.72. The number of nitrogens with two attached hydrogens (primary N) is 1. The van der Waals surface area contributed by atoms with Crippen LogP contribution >= 0.6 is 0 Å². The van der Waals surface area contributed by atoms with E-state index in [1.54, 1.807) is 20.0 Å². The molecule has 7 nitrogen and oxygen atoms in total. The van der Waals surface area contributed by atoms with Gasteiger partial charge in [-0.05, 0) is 73.9 Å². The highest BCUT2D eigenvalue weighted by Gasteiger charge is 2.28. The predicted octanol–water partition coefficient (Wildman–Crippen LogP) is 3.34. The van der Waals surface area contributed by atoms with Gasteiger partial charge < -0.3 is 4.74 Å². The Bertz CT molecular complexity index is 1250. The molecule has 1 aromatic carbocycles. The minimum atomic E-state index is -4.24. The van der Waals surface area contributed by atoms with E-state index in [0.717, 1.165) is 30.2 Å². The molecule has 0 aliphatic heterocycles. The van der Waals surface area contributed by atoms with Crippen molar-refractivity contribution in [1.82, 2.24) is 14.8 Å². The third kappa shape index (κ3) is 4.20. The topological polar surface area (TPSA) is 100 Å². The minimum Gasteiger partial charge on any atom is -0.475 e. The lowest BCUT2D eigenvalue weighted by Gasteiger charge is -2.25. The van der Waals surface area contributed by atoms with Crippen LogP contribution in [0.3, 0.4) is 0 Å². The minimum absolute atomic E-state index is 0.0950. The number of fused-ring (bicyclic) bond motifs is 1. The van der Waals surface area contributed by atoms with Crippen LogP contribution in [-0.4, -0.2) is 29.8 Å². The van der Waals surface area contributed by atoms with Gasteiger partial charge >= 0.3 is 0 Å². The summed E-state index contributed by atoms with van der Waals surface area (Å²) in [6, 6.07) is 8.16. The highest BCUT2D eigenvalue weighted by molar-refractivity contribution is 7.89. The zero-order valence-corrected chi connectivity index (χ0v) is 18.5. The molecule has 0 fully saturated rings. The van der Waals surface area contributed by atoms with Crippen LogP contribution < -0.4 is 9.88 Å². The largest absolute Gasteiger partial charge is 0.475 e. The third-order valence-electron chi connectivity index (χ3n) is 5.72. The molecule has 1 aliphatic rings. The molecule has 2 aromatic heterocycles. The molecule has 0 unspecified atom stereocenters. The standard InChI is InChI=1S/C22H25FN4O3S/c1-14-17-6-4-5-15(17)7-8-18(14)16-9-10-25-20(11-16)30-13-22(2,3)27-12-19(23)21(26-27)31(24,28)29/h7-12H,4-6,13H2,1-3H3,(H2,24,28,29). The van der Waals surface area contributed by atoms with Gasteiger partial charge in [0.05, 0.1) is 11.7 Å². The average Bonchev–Trinajstić information content (AvgIpc) is 3.34. The molecule has 9 heteroatoms. The van der Waals surface area contributed by atoms with Crippen molar-refractivity contribution in [2.24, 2.45) is 5.14 Å². The molecule has 1 aliphatic carbocycles. The smallest absolute Gasteiger partial charge is 0.260 e. The summed E-state index contributed by atoms with van der Waals surface area (Å²) in [6.45, 7) is 5.75. The first kappa shape index (κ1) is 21.5. The van der Waals surface area contributed by atoms with E-state index in [4.69, 9.17) is 9.88 Å². The summed E-state index contributed by atoms with van der Waals surface area (Å²) in [6.07, 6.45) is 6.13. The summed E-state index contributed by atoms with van der Waals surface area (Å²) in [5.41, 5.74) is 5.47. The van der Waals surface area contributed by atoms with Crippen molar-refractivity contribution < 1.29 is 17.5 Å². The van der Waals surface area contributed by atoms with Crippen LogP contribution in [0, 0.1) is 12.7 Å². The normalized spacial score (nSPS) is 14.0. The second-order valence-electron chi connectivity index (χ2n) is 8.48. The molecule has 0 saturated heterocycles. The lowest BCUT2D eigenvalue weighted by molar-refractivity contribution is 0.164. The van der Waals surface area contributed by atoms with Gasteiger partial charge in [-0.2, -0.15) is 5.10 Å². The van der Waals surface area contributed by atoms with Gasteiger partial charge in [0.15, 0.2) is 5.82 Å². The van der Waals surface area contributed by atoms with Crippen molar-refractivity contribution in [2.75, 3.05) is 6.61 Å². The molecule has 31 heavy (non-hydrogen) atoms. The van der Waals surface area contributed by atoms with Crippen LogP contribution in [0.2, 0.25) is 0 Å². The van der Waals surface area contributed by atoms with Crippen molar-refractivity contribution in [3.8, 4) is 17.0 Å². The van der Waals surface area contributed by atoms with Crippen LogP contribution in [0.4, 0.5) is 4.39 Å². The van der Waals surface area contributed by atoms with Gasteiger partial charge in [0.1, 0.15) is 6.61 Å². The van der Waals surface area contributed by atoms with Crippen molar-refractivity contribution in [3.05, 3.63) is 59.2 Å². The van der Waals surface area contributed by atoms with Crippen molar-refractivity contribution >= 4 is 10.0 Å². The van der Waals surface area contributed by atoms with Crippen LogP contribution in [0.1, 0.15) is 37.0 Å². The van der Waals surface area contributed by atoms with E-state index in [9.17, 15) is 12.8 Å². The number of benzene rings is 1. The number of hydrogen-bond donors (Lipinski definition) is 1. The molecule has 0 bridgehead atoms. The monoisotopic (exact) mass is 444 g/mol. The summed E-state index contributed by atoms with van der Waals surface area (Å²) in [5, 5.41) is 8.03. The molecule has 0 atom stereocenters. The molecule has 3 aromatic rings. The third-order valence-corrected chi connectivity index (χ3v) is 6.53. The summed E-state index contributed by atoms with van der Waals surface area (Å²) < 4.78 is 44.0. The summed E-state index contributed by atoms with van der Waals surface area (Å²) in [4.78, 5) is 4.28. The Balaban J connectivity index is 1.55. The molecule has 2 N–H and O–H groups in total. The first-order chi connectivity index (χ1) is 14.6. The van der Waals surface area contributed by atoms with Crippen LogP contribution in [-0.2, 0) is 28.4 Å².